The van der Waals surface area contributed by atoms with Crippen LogP contribution in [0.5, 0.6) is 0 Å². The Morgan fingerprint density at radius 2 is 1.95 bits per heavy atom. The van der Waals surface area contributed by atoms with Gasteiger partial charge in [0.1, 0.15) is 5.76 Å². The smallest absolute Gasteiger partial charge is 0.118 e. The van der Waals surface area contributed by atoms with Crippen molar-refractivity contribution in [3.05, 3.63) is 23.7 Å². The Hall–Kier alpha value is -0.800. The highest BCUT2D eigenvalue weighted by Crippen LogP contribution is 2.24. The first-order valence-electron chi connectivity index (χ1n) is 8.42. The molecule has 3 heteroatoms. The largest absolute Gasteiger partial charge is 0.468 e. The maximum absolute atomic E-state index is 5.71. The molecule has 0 amide bonds. The monoisotopic (exact) mass is 292 g/mol. The van der Waals surface area contributed by atoms with E-state index in [1.54, 1.807) is 0 Å². The molecule has 0 spiro atoms. The summed E-state index contributed by atoms with van der Waals surface area (Å²) < 4.78 is 5.71. The van der Waals surface area contributed by atoms with Gasteiger partial charge in [0, 0.05) is 24.2 Å². The van der Waals surface area contributed by atoms with E-state index in [1.807, 2.05) is 6.26 Å². The Morgan fingerprint density at radius 3 is 2.62 bits per heavy atom. The van der Waals surface area contributed by atoms with Gasteiger partial charge in [-0.05, 0) is 52.6 Å². The normalized spacial score (nSPS) is 17.6. The van der Waals surface area contributed by atoms with Gasteiger partial charge >= 0.3 is 0 Å². The van der Waals surface area contributed by atoms with Crippen molar-refractivity contribution in [3.8, 4) is 0 Å². The van der Waals surface area contributed by atoms with E-state index in [0.29, 0.717) is 0 Å². The van der Waals surface area contributed by atoms with Crippen LogP contribution in [0.15, 0.2) is 16.7 Å². The topological polar surface area (TPSA) is 28.4 Å². The van der Waals surface area contributed by atoms with Crippen molar-refractivity contribution in [2.75, 3.05) is 13.6 Å². The Morgan fingerprint density at radius 1 is 1.24 bits per heavy atom. The van der Waals surface area contributed by atoms with Gasteiger partial charge in [0.15, 0.2) is 0 Å². The summed E-state index contributed by atoms with van der Waals surface area (Å²) in [7, 11) is 2.21. The Labute approximate surface area is 130 Å². The van der Waals surface area contributed by atoms with Crippen molar-refractivity contribution in [1.29, 1.82) is 0 Å². The van der Waals surface area contributed by atoms with Crippen LogP contribution >= 0.6 is 0 Å². The second-order valence-corrected chi connectivity index (χ2v) is 7.73. The molecule has 3 nitrogen and oxygen atoms in total. The second kappa shape index (κ2) is 7.46. The minimum Gasteiger partial charge on any atom is -0.468 e. The van der Waals surface area contributed by atoms with Crippen LogP contribution in [0.4, 0.5) is 0 Å². The van der Waals surface area contributed by atoms with Crippen LogP contribution in [0.2, 0.25) is 0 Å². The molecular formula is C18H32N2O. The molecule has 2 rings (SSSR count). The van der Waals surface area contributed by atoms with Gasteiger partial charge < -0.3 is 9.73 Å². The number of furan rings is 1. The van der Waals surface area contributed by atoms with E-state index in [0.717, 1.165) is 24.8 Å². The fourth-order valence-corrected chi connectivity index (χ4v) is 3.11. The van der Waals surface area contributed by atoms with Crippen molar-refractivity contribution < 1.29 is 4.42 Å². The average Bonchev–Trinajstić information content (AvgIpc) is 2.84. The van der Waals surface area contributed by atoms with Crippen LogP contribution < -0.4 is 5.32 Å². The predicted molar refractivity (Wildman–Crippen MR) is 88.2 cm³/mol. The van der Waals surface area contributed by atoms with E-state index in [2.05, 4.69) is 44.1 Å². The summed E-state index contributed by atoms with van der Waals surface area (Å²) in [6.07, 6.45) is 8.97. The number of hydrogen-bond donors (Lipinski definition) is 1. The molecule has 0 bridgehead atoms. The molecule has 0 unspecified atom stereocenters. The lowest BCUT2D eigenvalue weighted by atomic mass is 9.89. The van der Waals surface area contributed by atoms with Crippen molar-refractivity contribution in [3.63, 3.8) is 0 Å². The van der Waals surface area contributed by atoms with Crippen LogP contribution in [-0.2, 0) is 13.1 Å². The minimum absolute atomic E-state index is 0.148. The third kappa shape index (κ3) is 6.23. The zero-order valence-electron chi connectivity index (χ0n) is 14.2. The van der Waals surface area contributed by atoms with Crippen LogP contribution in [0.25, 0.3) is 0 Å². The lowest BCUT2D eigenvalue weighted by Gasteiger charge is -2.26. The van der Waals surface area contributed by atoms with Crippen LogP contribution in [0, 0.1) is 5.92 Å². The maximum atomic E-state index is 5.71. The first-order chi connectivity index (χ1) is 9.92. The highest BCUT2D eigenvalue weighted by molar-refractivity contribution is 5.13. The quantitative estimate of drug-likeness (QED) is 0.852. The molecule has 1 saturated carbocycles. The van der Waals surface area contributed by atoms with Crippen molar-refractivity contribution >= 4 is 0 Å². The Kier molecular flexibility index (Phi) is 5.88. The van der Waals surface area contributed by atoms with Crippen LogP contribution in [-0.4, -0.2) is 24.0 Å². The Bertz CT molecular complexity index is 413. The summed E-state index contributed by atoms with van der Waals surface area (Å²) in [6.45, 7) is 9.56. The van der Waals surface area contributed by atoms with Gasteiger partial charge in [0.25, 0.3) is 0 Å². The lowest BCUT2D eigenvalue weighted by Crippen LogP contribution is -2.34. The van der Waals surface area contributed by atoms with Gasteiger partial charge in [-0.15, -0.1) is 0 Å². The first-order valence-corrected chi connectivity index (χ1v) is 8.42. The number of nitrogens with zero attached hydrogens (tertiary/aromatic N) is 1. The molecule has 1 N–H and O–H groups in total. The van der Waals surface area contributed by atoms with E-state index >= 15 is 0 Å². The minimum atomic E-state index is 0.148. The van der Waals surface area contributed by atoms with E-state index in [4.69, 9.17) is 4.42 Å². The molecule has 1 aromatic rings. The summed E-state index contributed by atoms with van der Waals surface area (Å²) in [5.74, 6) is 1.97. The highest BCUT2D eigenvalue weighted by atomic mass is 16.3. The standard InChI is InChI=1S/C18H32N2O/c1-18(2,3)19-11-16-10-17(21-14-16)13-20(4)12-15-8-6-5-7-9-15/h10,14-15,19H,5-9,11-13H2,1-4H3. The molecular weight excluding hydrogens is 260 g/mol. The van der Waals surface area contributed by atoms with E-state index < -0.39 is 0 Å². The third-order valence-corrected chi connectivity index (χ3v) is 4.25. The van der Waals surface area contributed by atoms with E-state index in [1.165, 1.54) is 44.2 Å². The maximum Gasteiger partial charge on any atom is 0.118 e. The lowest BCUT2D eigenvalue weighted by molar-refractivity contribution is 0.216. The average molecular weight is 292 g/mol. The molecule has 21 heavy (non-hydrogen) atoms. The molecule has 1 heterocycles. The molecule has 0 aromatic carbocycles. The van der Waals surface area contributed by atoms with Crippen molar-refractivity contribution in [1.82, 2.24) is 10.2 Å². The SMILES string of the molecule is CN(Cc1cc(CNC(C)(C)C)co1)CC1CCCCC1. The zero-order valence-corrected chi connectivity index (χ0v) is 14.2. The summed E-state index contributed by atoms with van der Waals surface area (Å²) >= 11 is 0. The molecule has 1 fully saturated rings. The molecule has 1 aromatic heterocycles. The molecule has 120 valence electrons. The molecule has 0 atom stereocenters. The molecule has 1 aliphatic carbocycles. The highest BCUT2D eigenvalue weighted by Gasteiger charge is 2.16. The molecule has 0 radical (unpaired) electrons. The molecule has 1 aliphatic rings. The predicted octanol–water partition coefficient (Wildman–Crippen LogP) is 4.18. The van der Waals surface area contributed by atoms with Gasteiger partial charge in [0.05, 0.1) is 12.8 Å². The van der Waals surface area contributed by atoms with Crippen molar-refractivity contribution in [2.24, 2.45) is 5.92 Å². The fourth-order valence-electron chi connectivity index (χ4n) is 3.11. The van der Waals surface area contributed by atoms with Gasteiger partial charge in [-0.1, -0.05) is 19.3 Å². The Balaban J connectivity index is 1.75. The van der Waals surface area contributed by atoms with Gasteiger partial charge in [-0.3, -0.25) is 4.90 Å². The second-order valence-electron chi connectivity index (χ2n) is 7.73. The number of rotatable bonds is 6. The zero-order chi connectivity index (χ0) is 15.3. The number of hydrogen-bond acceptors (Lipinski definition) is 3. The van der Waals surface area contributed by atoms with E-state index in [-0.39, 0.29) is 5.54 Å². The van der Waals surface area contributed by atoms with Crippen LogP contribution in [0.1, 0.15) is 64.2 Å². The van der Waals surface area contributed by atoms with Crippen molar-refractivity contribution in [2.45, 2.75) is 71.5 Å². The van der Waals surface area contributed by atoms with Gasteiger partial charge in [-0.25, -0.2) is 0 Å². The molecule has 0 aliphatic heterocycles. The summed E-state index contributed by atoms with van der Waals surface area (Å²) in [6, 6.07) is 2.19. The third-order valence-electron chi connectivity index (χ3n) is 4.25. The van der Waals surface area contributed by atoms with Crippen LogP contribution in [0.3, 0.4) is 0 Å². The first kappa shape index (κ1) is 16.6. The van der Waals surface area contributed by atoms with Gasteiger partial charge in [0.2, 0.25) is 0 Å². The number of nitrogens with one attached hydrogen (secondary N) is 1. The summed E-state index contributed by atoms with van der Waals surface area (Å²) in [5, 5.41) is 3.50. The summed E-state index contributed by atoms with van der Waals surface area (Å²) in [5.41, 5.74) is 1.39. The summed E-state index contributed by atoms with van der Waals surface area (Å²) in [4.78, 5) is 2.41. The fraction of sp³-hybridized carbons (Fsp3) is 0.778. The van der Waals surface area contributed by atoms with Gasteiger partial charge in [-0.2, -0.15) is 0 Å². The molecule has 0 saturated heterocycles. The van der Waals surface area contributed by atoms with E-state index in [9.17, 15) is 0 Å².